The van der Waals surface area contributed by atoms with Gasteiger partial charge in [0, 0.05) is 25.1 Å². The molecule has 8 nitrogen and oxygen atoms in total. The lowest BCUT2D eigenvalue weighted by Gasteiger charge is -1.93. The third-order valence-corrected chi connectivity index (χ3v) is 0.969. The maximum absolute atomic E-state index is 8.56. The molecule has 0 saturated heterocycles. The molecule has 0 amide bonds. The van der Waals surface area contributed by atoms with Crippen molar-refractivity contribution in [3.05, 3.63) is 24.5 Å². The molecule has 1 heterocycles. The normalized spacial score (nSPS) is 7.31. The number of carbonyl (C=O) groups is 2. The van der Waals surface area contributed by atoms with Crippen molar-refractivity contribution in [3.8, 4) is 0 Å². The van der Waals surface area contributed by atoms with Crippen molar-refractivity contribution in [2.45, 2.75) is 0 Å². The second kappa shape index (κ2) is 10.6. The average molecular weight is 232 g/mol. The topological polar surface area (TPSA) is 140 Å². The fourth-order valence-corrected chi connectivity index (χ4v) is 0.519. The van der Waals surface area contributed by atoms with Crippen LogP contribution >= 0.6 is 0 Å². The van der Waals surface area contributed by atoms with Gasteiger partial charge in [0.2, 0.25) is 0 Å². The summed E-state index contributed by atoms with van der Waals surface area (Å²) in [6, 6.07) is 3.83. The molecule has 0 fully saturated rings. The highest BCUT2D eigenvalue weighted by atomic mass is 16.6. The van der Waals surface area contributed by atoms with Crippen molar-refractivity contribution in [1.29, 1.82) is 0 Å². The van der Waals surface area contributed by atoms with E-state index in [9.17, 15) is 0 Å². The highest BCUT2D eigenvalue weighted by Gasteiger charge is 1.78. The van der Waals surface area contributed by atoms with E-state index in [-0.39, 0.29) is 0 Å². The van der Waals surface area contributed by atoms with E-state index in [0.29, 0.717) is 0 Å². The Hall–Kier alpha value is -2.51. The van der Waals surface area contributed by atoms with Gasteiger partial charge < -0.3 is 25.7 Å². The van der Waals surface area contributed by atoms with Crippen LogP contribution in [0.3, 0.4) is 0 Å². The monoisotopic (exact) mass is 232 g/mol. The number of carboxylic acid groups (broad SMARTS) is 4. The van der Waals surface area contributed by atoms with Gasteiger partial charge in [0.05, 0.1) is 0 Å². The van der Waals surface area contributed by atoms with Gasteiger partial charge in [-0.15, -0.1) is 0 Å². The van der Waals surface area contributed by atoms with Crippen LogP contribution in [-0.2, 0) is 0 Å². The summed E-state index contributed by atoms with van der Waals surface area (Å²) in [7, 11) is 1.88. The molecule has 8 heteroatoms. The zero-order valence-electron chi connectivity index (χ0n) is 8.36. The summed E-state index contributed by atoms with van der Waals surface area (Å²) in [5.74, 6) is 0. The van der Waals surface area contributed by atoms with Crippen LogP contribution in [0.25, 0.3) is 0 Å². The molecular weight excluding hydrogens is 220 g/mol. The van der Waals surface area contributed by atoms with E-state index in [4.69, 9.17) is 30.0 Å². The van der Waals surface area contributed by atoms with E-state index in [2.05, 4.69) is 10.3 Å². The van der Waals surface area contributed by atoms with Crippen LogP contribution in [0.1, 0.15) is 0 Å². The summed E-state index contributed by atoms with van der Waals surface area (Å²) in [5.41, 5.74) is 1.10. The summed E-state index contributed by atoms with van der Waals surface area (Å²) in [6.07, 6.45) is -0.155. The van der Waals surface area contributed by atoms with Gasteiger partial charge in [0.25, 0.3) is 0 Å². The Morgan fingerprint density at radius 2 is 1.38 bits per heavy atom. The van der Waals surface area contributed by atoms with Crippen LogP contribution in [0.5, 0.6) is 0 Å². The largest absolute Gasteiger partial charge is 0.503 e. The molecule has 1 rings (SSSR count). The molecule has 0 aliphatic heterocycles. The van der Waals surface area contributed by atoms with Crippen molar-refractivity contribution < 1.29 is 30.0 Å². The van der Waals surface area contributed by atoms with Crippen molar-refractivity contribution >= 4 is 18.0 Å². The number of nitrogens with zero attached hydrogens (tertiary/aromatic N) is 1. The first kappa shape index (κ1) is 15.9. The quantitative estimate of drug-likeness (QED) is 0.491. The van der Waals surface area contributed by atoms with Gasteiger partial charge in [-0.1, -0.05) is 0 Å². The van der Waals surface area contributed by atoms with Crippen molar-refractivity contribution in [1.82, 2.24) is 4.98 Å². The van der Waals surface area contributed by atoms with Crippen LogP contribution in [0, 0.1) is 0 Å². The fourth-order valence-electron chi connectivity index (χ4n) is 0.519. The Morgan fingerprint density at radius 3 is 1.56 bits per heavy atom. The highest BCUT2D eigenvalue weighted by molar-refractivity contribution is 5.53. The molecule has 90 valence electrons. The first-order valence-electron chi connectivity index (χ1n) is 3.81. The minimum Gasteiger partial charge on any atom is -0.450 e. The SMILES string of the molecule is CNc1ccncc1.O=C(O)O.O=C(O)O. The van der Waals surface area contributed by atoms with Crippen LogP contribution in [0.2, 0.25) is 0 Å². The molecule has 1 aromatic heterocycles. The van der Waals surface area contributed by atoms with Crippen LogP contribution in [0.15, 0.2) is 24.5 Å². The Balaban J connectivity index is 0. The smallest absolute Gasteiger partial charge is 0.450 e. The van der Waals surface area contributed by atoms with E-state index in [0.717, 1.165) is 5.69 Å². The van der Waals surface area contributed by atoms with E-state index < -0.39 is 12.3 Å². The minimum absolute atomic E-state index is 1.10. The number of pyridine rings is 1. The number of aromatic nitrogens is 1. The Bertz CT molecular complexity index is 283. The van der Waals surface area contributed by atoms with Crippen molar-refractivity contribution in [2.75, 3.05) is 12.4 Å². The molecule has 5 N–H and O–H groups in total. The predicted octanol–water partition coefficient (Wildman–Crippen LogP) is 1.57. The Kier molecular flexibility index (Phi) is 10.5. The third kappa shape index (κ3) is 22.5. The van der Waals surface area contributed by atoms with Gasteiger partial charge in [0.1, 0.15) is 0 Å². The van der Waals surface area contributed by atoms with Gasteiger partial charge >= 0.3 is 12.3 Å². The molecule has 0 spiro atoms. The van der Waals surface area contributed by atoms with Crippen LogP contribution < -0.4 is 5.32 Å². The average Bonchev–Trinajstić information content (AvgIpc) is 2.17. The van der Waals surface area contributed by atoms with Crippen LogP contribution in [-0.4, -0.2) is 44.8 Å². The summed E-state index contributed by atoms with van der Waals surface area (Å²) in [5, 5.41) is 30.9. The number of nitrogens with one attached hydrogen (secondary N) is 1. The number of hydrogen-bond donors (Lipinski definition) is 5. The summed E-state index contributed by atoms with van der Waals surface area (Å²) < 4.78 is 0. The second-order valence-corrected chi connectivity index (χ2v) is 2.05. The van der Waals surface area contributed by atoms with Crippen molar-refractivity contribution in [2.24, 2.45) is 0 Å². The molecule has 0 saturated carbocycles. The molecule has 0 bridgehead atoms. The third-order valence-electron chi connectivity index (χ3n) is 0.969. The number of hydrogen-bond acceptors (Lipinski definition) is 4. The van der Waals surface area contributed by atoms with Gasteiger partial charge in [-0.2, -0.15) is 0 Å². The fraction of sp³-hybridized carbons (Fsp3) is 0.125. The Morgan fingerprint density at radius 1 is 1.06 bits per heavy atom. The Labute approximate surface area is 90.8 Å². The number of rotatable bonds is 1. The van der Waals surface area contributed by atoms with E-state index in [1.165, 1.54) is 0 Å². The molecule has 0 aromatic carbocycles. The van der Waals surface area contributed by atoms with E-state index in [1.54, 1.807) is 12.4 Å². The lowest BCUT2D eigenvalue weighted by atomic mass is 10.4. The van der Waals surface area contributed by atoms with Crippen molar-refractivity contribution in [3.63, 3.8) is 0 Å². The molecule has 0 aliphatic rings. The first-order chi connectivity index (χ1) is 7.40. The highest BCUT2D eigenvalue weighted by Crippen LogP contribution is 1.99. The summed E-state index contributed by atoms with van der Waals surface area (Å²) in [4.78, 5) is 21.0. The lowest BCUT2D eigenvalue weighted by Crippen LogP contribution is -1.85. The second-order valence-electron chi connectivity index (χ2n) is 2.05. The summed E-state index contributed by atoms with van der Waals surface area (Å²) >= 11 is 0. The molecule has 1 aromatic rings. The molecule has 0 unspecified atom stereocenters. The van der Waals surface area contributed by atoms with E-state index in [1.807, 2.05) is 19.2 Å². The number of anilines is 1. The predicted molar refractivity (Wildman–Crippen MR) is 55.1 cm³/mol. The lowest BCUT2D eigenvalue weighted by molar-refractivity contribution is 0.135. The maximum Gasteiger partial charge on any atom is 0.503 e. The molecule has 0 radical (unpaired) electrons. The van der Waals surface area contributed by atoms with Crippen LogP contribution in [0.4, 0.5) is 15.3 Å². The van der Waals surface area contributed by atoms with Gasteiger partial charge in [-0.25, -0.2) is 9.59 Å². The van der Waals surface area contributed by atoms with Gasteiger partial charge in [0.15, 0.2) is 0 Å². The standard InChI is InChI=1S/C6H8N2.2CH2O3/c1-7-6-2-4-8-5-3-6;2*2-1(3)4/h2-5H,1H3,(H,7,8);2*(H2,2,3,4). The van der Waals surface area contributed by atoms with Gasteiger partial charge in [-0.05, 0) is 12.1 Å². The minimum atomic E-state index is -1.83. The van der Waals surface area contributed by atoms with E-state index >= 15 is 0 Å². The zero-order chi connectivity index (χ0) is 13.0. The van der Waals surface area contributed by atoms with Gasteiger partial charge in [-0.3, -0.25) is 4.98 Å². The maximum atomic E-state index is 8.56. The molecule has 0 atom stereocenters. The molecule has 0 aliphatic carbocycles. The molecular formula is C8H12N2O6. The zero-order valence-corrected chi connectivity index (χ0v) is 8.36. The molecule has 16 heavy (non-hydrogen) atoms. The first-order valence-corrected chi connectivity index (χ1v) is 3.81. The summed E-state index contributed by atoms with van der Waals surface area (Å²) in [6.45, 7) is 0.